The number of benzene rings is 3. The van der Waals surface area contributed by atoms with Gasteiger partial charge in [0, 0.05) is 64.1 Å². The van der Waals surface area contributed by atoms with Gasteiger partial charge < -0.3 is 20.9 Å². The summed E-state index contributed by atoms with van der Waals surface area (Å²) in [5, 5.41) is 12.4. The highest BCUT2D eigenvalue weighted by Crippen LogP contribution is 2.45. The lowest BCUT2D eigenvalue weighted by atomic mass is 9.73. The summed E-state index contributed by atoms with van der Waals surface area (Å²) in [6, 6.07) is 22.3. The summed E-state index contributed by atoms with van der Waals surface area (Å²) in [5.74, 6) is -1.16. The summed E-state index contributed by atoms with van der Waals surface area (Å²) in [6.07, 6.45) is 7.00. The maximum Gasteiger partial charge on any atom is 0.259 e. The smallest absolute Gasteiger partial charge is 0.259 e. The quantitative estimate of drug-likeness (QED) is 0.0834. The van der Waals surface area contributed by atoms with Crippen LogP contribution in [0.2, 0.25) is 0 Å². The molecule has 5 aromatic rings. The molecule has 54 heavy (non-hydrogen) atoms. The van der Waals surface area contributed by atoms with Gasteiger partial charge in [-0.3, -0.25) is 14.4 Å². The number of amides is 2. The molecule has 7 rings (SSSR count). The molecule has 0 spiro atoms. The normalized spacial score (nSPS) is 14.2. The van der Waals surface area contributed by atoms with Crippen molar-refractivity contribution in [2.24, 2.45) is 5.41 Å². The molecule has 2 amide bonds. The minimum Gasteiger partial charge on any atom is -0.397 e. The summed E-state index contributed by atoms with van der Waals surface area (Å²) in [6.45, 7) is 9.82. The summed E-state index contributed by atoms with van der Waals surface area (Å²) >= 11 is 1.02. The maximum absolute atomic E-state index is 16.1. The van der Waals surface area contributed by atoms with Crippen LogP contribution in [0.5, 0.6) is 0 Å². The third kappa shape index (κ3) is 6.54. The van der Waals surface area contributed by atoms with Gasteiger partial charge >= 0.3 is 0 Å². The van der Waals surface area contributed by atoms with Gasteiger partial charge in [-0.1, -0.05) is 43.7 Å². The van der Waals surface area contributed by atoms with E-state index in [-0.39, 0.29) is 51.9 Å². The monoisotopic (exact) mass is 738 g/mol. The van der Waals surface area contributed by atoms with Gasteiger partial charge in [0.05, 0.1) is 22.5 Å². The van der Waals surface area contributed by atoms with Crippen LogP contribution in [0.15, 0.2) is 91.6 Å². The number of fused-ring (bicyclic) bond motifs is 3. The van der Waals surface area contributed by atoms with Gasteiger partial charge in [0.2, 0.25) is 5.78 Å². The Labute approximate surface area is 317 Å². The lowest BCUT2D eigenvalue weighted by molar-refractivity contribution is 0.0985. The van der Waals surface area contributed by atoms with Gasteiger partial charge in [-0.05, 0) is 80.3 Å². The number of allylic oxidation sites excluding steroid dienone is 1. The molecule has 3 N–H and O–H groups in total. The number of rotatable bonds is 10. The minimum atomic E-state index is -0.649. The first kappa shape index (κ1) is 36.2. The average Bonchev–Trinajstić information content (AvgIpc) is 3.39. The number of aryl methyl sites for hydroxylation is 1. The average molecular weight is 739 g/mol. The van der Waals surface area contributed by atoms with Crippen LogP contribution in [0, 0.1) is 29.5 Å². The third-order valence-electron chi connectivity index (χ3n) is 10.2. The highest BCUT2D eigenvalue weighted by atomic mass is 32.1. The number of nitrogens with zero attached hydrogens (tertiary/aromatic N) is 4. The molecule has 0 atom stereocenters. The molecule has 0 aliphatic carbocycles. The fourth-order valence-corrected chi connectivity index (χ4v) is 8.86. The Morgan fingerprint density at radius 1 is 1.09 bits per heavy atom. The molecule has 3 aromatic carbocycles. The Hall–Kier alpha value is -6.12. The Morgan fingerprint density at radius 2 is 1.85 bits per heavy atom. The summed E-state index contributed by atoms with van der Waals surface area (Å²) < 4.78 is 16.1. The molecule has 0 radical (unpaired) electrons. The molecule has 0 unspecified atom stereocenters. The molecule has 272 valence electrons. The van der Waals surface area contributed by atoms with Crippen molar-refractivity contribution >= 4 is 51.8 Å². The highest BCUT2D eigenvalue weighted by Gasteiger charge is 2.43. The first-order chi connectivity index (χ1) is 26.1. The second-order valence-electron chi connectivity index (χ2n) is 14.0. The number of aromatic nitrogens is 1. The number of nitrogens with two attached hydrogens (primary N) is 1. The molecule has 11 heteroatoms. The van der Waals surface area contributed by atoms with Crippen molar-refractivity contribution in [3.05, 3.63) is 136 Å². The van der Waals surface area contributed by atoms with Crippen LogP contribution < -0.4 is 20.9 Å². The number of pyridine rings is 1. The topological polar surface area (TPSA) is 132 Å². The number of hydrogen-bond acceptors (Lipinski definition) is 8. The molecule has 2 aliphatic rings. The van der Waals surface area contributed by atoms with E-state index >= 15 is 4.39 Å². The van der Waals surface area contributed by atoms with E-state index in [0.717, 1.165) is 49.3 Å². The number of hydrogen-bond donors (Lipinski definition) is 2. The molecule has 4 heterocycles. The molecule has 0 saturated carbocycles. The molecule has 0 bridgehead atoms. The van der Waals surface area contributed by atoms with Gasteiger partial charge in [-0.2, -0.15) is 5.26 Å². The fraction of sp³-hybridized carbons (Fsp3) is 0.233. The number of anilines is 4. The third-order valence-corrected chi connectivity index (χ3v) is 11.5. The minimum absolute atomic E-state index is 0.0113. The summed E-state index contributed by atoms with van der Waals surface area (Å²) in [4.78, 5) is 50.1. The largest absolute Gasteiger partial charge is 0.397 e. The van der Waals surface area contributed by atoms with E-state index in [0.29, 0.717) is 44.3 Å². The van der Waals surface area contributed by atoms with Crippen molar-refractivity contribution in [1.29, 1.82) is 5.26 Å². The molecule has 2 aromatic heterocycles. The van der Waals surface area contributed by atoms with Crippen molar-refractivity contribution in [2.75, 3.05) is 40.5 Å². The highest BCUT2D eigenvalue weighted by molar-refractivity contribution is 7.18. The number of nitriles is 1. The van der Waals surface area contributed by atoms with Crippen LogP contribution >= 0.6 is 11.3 Å². The molecular formula is C43H39FN6O3S. The molecule has 2 aliphatic heterocycles. The first-order valence-corrected chi connectivity index (χ1v) is 18.7. The van der Waals surface area contributed by atoms with Gasteiger partial charge in [-0.25, -0.2) is 9.37 Å². The number of nitrogen functional groups attached to an aromatic ring is 1. The van der Waals surface area contributed by atoms with Crippen molar-refractivity contribution in [1.82, 2.24) is 4.98 Å². The zero-order valence-corrected chi connectivity index (χ0v) is 30.9. The van der Waals surface area contributed by atoms with Crippen LogP contribution in [0.3, 0.4) is 0 Å². The molecule has 9 nitrogen and oxygen atoms in total. The lowest BCUT2D eigenvalue weighted by Crippen LogP contribution is -2.57. The zero-order chi connectivity index (χ0) is 38.1. The fourth-order valence-electron chi connectivity index (χ4n) is 7.64. The number of para-hydroxylation sites is 2. The van der Waals surface area contributed by atoms with Gasteiger partial charge in [0.1, 0.15) is 22.6 Å². The summed E-state index contributed by atoms with van der Waals surface area (Å²) in [7, 11) is 0. The number of carbonyl (C=O) groups excluding carboxylic acids is 3. The Kier molecular flexibility index (Phi) is 9.88. The van der Waals surface area contributed by atoms with Gasteiger partial charge in [-0.15, -0.1) is 17.9 Å². The molecule has 1 fully saturated rings. The second kappa shape index (κ2) is 14.7. The molecular weight excluding hydrogens is 700 g/mol. The van der Waals surface area contributed by atoms with Gasteiger partial charge in [0.15, 0.2) is 0 Å². The number of ketones is 1. The van der Waals surface area contributed by atoms with E-state index < -0.39 is 11.6 Å². The lowest BCUT2D eigenvalue weighted by Gasteiger charge is -2.51. The predicted octanol–water partition coefficient (Wildman–Crippen LogP) is 8.58. The van der Waals surface area contributed by atoms with E-state index in [9.17, 15) is 19.6 Å². The Bertz CT molecular complexity index is 2360. The van der Waals surface area contributed by atoms with Crippen LogP contribution in [-0.4, -0.2) is 42.2 Å². The van der Waals surface area contributed by atoms with E-state index in [2.05, 4.69) is 28.7 Å². The van der Waals surface area contributed by atoms with Crippen LogP contribution in [-0.2, 0) is 6.42 Å². The maximum atomic E-state index is 16.1. The van der Waals surface area contributed by atoms with E-state index in [4.69, 9.17) is 5.73 Å². The van der Waals surface area contributed by atoms with Crippen molar-refractivity contribution in [3.63, 3.8) is 0 Å². The molecule has 1 saturated heterocycles. The Balaban J connectivity index is 1.10. The Morgan fingerprint density at radius 3 is 2.57 bits per heavy atom. The van der Waals surface area contributed by atoms with Crippen molar-refractivity contribution in [2.45, 2.75) is 39.5 Å². The number of carbonyl (C=O) groups is 3. The van der Waals surface area contributed by atoms with Gasteiger partial charge in [0.25, 0.3) is 11.8 Å². The van der Waals surface area contributed by atoms with E-state index in [1.54, 1.807) is 47.5 Å². The number of nitrogens with one attached hydrogen (secondary N) is 1. The first-order valence-electron chi connectivity index (χ1n) is 17.9. The number of thiophene rings is 1. The van der Waals surface area contributed by atoms with Crippen LogP contribution in [0.4, 0.5) is 27.3 Å². The standard InChI is InChI=1S/C43H39FN6O3S/c1-4-18-43(19-5-2)24-49(25-43)40-33(21-26(3)23-47-40)41(52)48-29-15-13-27(14-16-29)42(53)50-20-17-31-35(44)39(54-38(31)30-10-6-7-12-34(30)50)37(51)32-11-8-9-28(22-45)36(32)46/h4,6-16,21,23H,1,5,17-20,24-25,46H2,2-3H3,(H,48,52). The SMILES string of the molecule is C=CCC1(CCC)CN(c2ncc(C)cc2C(=O)Nc2ccc(C(=O)N3CCc4c(sc(C(=O)c5cccc(C#N)c5N)c4F)-c4ccccc43)cc2)C1. The van der Waals surface area contributed by atoms with Crippen LogP contribution in [0.25, 0.3) is 10.4 Å². The van der Waals surface area contributed by atoms with Crippen LogP contribution in [0.1, 0.15) is 78.8 Å². The second-order valence-corrected chi connectivity index (χ2v) is 15.0. The predicted molar refractivity (Wildman–Crippen MR) is 212 cm³/mol. The van der Waals surface area contributed by atoms with E-state index in [1.165, 1.54) is 12.1 Å². The van der Waals surface area contributed by atoms with Crippen molar-refractivity contribution < 1.29 is 18.8 Å². The number of halogens is 1. The summed E-state index contributed by atoms with van der Waals surface area (Å²) in [5.41, 5.74) is 10.3. The van der Waals surface area contributed by atoms with E-state index in [1.807, 2.05) is 43.3 Å². The zero-order valence-electron chi connectivity index (χ0n) is 30.1. The van der Waals surface area contributed by atoms with Crippen molar-refractivity contribution in [3.8, 4) is 16.5 Å².